The number of methoxy groups -OCH3 is 1. The standard InChI is InChI=1S/C12H13NO4/c1-17-9-4-2-8(3-5-9)10(14)13-12(6-7-12)11(15)16/h2-5H,6-7H2,1H3,(H,13,14)(H,15,16). The molecule has 2 N–H and O–H groups in total. The molecule has 1 aliphatic rings. The van der Waals surface area contributed by atoms with Gasteiger partial charge in [-0.05, 0) is 37.1 Å². The molecule has 0 spiro atoms. The summed E-state index contributed by atoms with van der Waals surface area (Å²) in [6.07, 6.45) is 0.981. The first kappa shape index (κ1) is 11.4. The summed E-state index contributed by atoms with van der Waals surface area (Å²) in [5.74, 6) is -0.687. The molecule has 0 unspecified atom stereocenters. The number of carboxylic acid groups (broad SMARTS) is 1. The van der Waals surface area contributed by atoms with E-state index >= 15 is 0 Å². The Balaban J connectivity index is 2.07. The van der Waals surface area contributed by atoms with E-state index in [9.17, 15) is 9.59 Å². The highest BCUT2D eigenvalue weighted by molar-refractivity contribution is 5.98. The van der Waals surface area contributed by atoms with Crippen LogP contribution in [0.15, 0.2) is 24.3 Å². The molecular weight excluding hydrogens is 222 g/mol. The van der Waals surface area contributed by atoms with E-state index in [1.54, 1.807) is 31.4 Å². The number of rotatable bonds is 4. The summed E-state index contributed by atoms with van der Waals surface area (Å²) in [4.78, 5) is 22.7. The van der Waals surface area contributed by atoms with Crippen LogP contribution in [0.2, 0.25) is 0 Å². The van der Waals surface area contributed by atoms with E-state index in [2.05, 4.69) is 5.32 Å². The van der Waals surface area contributed by atoms with Gasteiger partial charge < -0.3 is 15.2 Å². The summed E-state index contributed by atoms with van der Waals surface area (Å²) >= 11 is 0. The minimum atomic E-state index is -1.04. The van der Waals surface area contributed by atoms with Crippen molar-refractivity contribution in [2.24, 2.45) is 0 Å². The SMILES string of the molecule is COc1ccc(C(=O)NC2(C(=O)O)CC2)cc1. The predicted octanol–water partition coefficient (Wildman–Crippen LogP) is 1.04. The molecule has 0 aromatic heterocycles. The quantitative estimate of drug-likeness (QED) is 0.817. The predicted molar refractivity (Wildman–Crippen MR) is 60.1 cm³/mol. The number of carbonyl (C=O) groups is 2. The van der Waals surface area contributed by atoms with Crippen molar-refractivity contribution < 1.29 is 19.4 Å². The molecule has 0 aliphatic heterocycles. The third-order valence-corrected chi connectivity index (χ3v) is 2.86. The van der Waals surface area contributed by atoms with Crippen LogP contribution in [0.3, 0.4) is 0 Å². The maximum Gasteiger partial charge on any atom is 0.329 e. The number of carbonyl (C=O) groups excluding carboxylic acids is 1. The number of amides is 1. The number of carboxylic acids is 1. The molecule has 0 bridgehead atoms. The van der Waals surface area contributed by atoms with Gasteiger partial charge in [-0.1, -0.05) is 0 Å². The molecule has 1 aromatic rings. The van der Waals surface area contributed by atoms with Crippen LogP contribution in [-0.4, -0.2) is 29.6 Å². The van der Waals surface area contributed by atoms with Crippen molar-refractivity contribution in [3.8, 4) is 5.75 Å². The summed E-state index contributed by atoms with van der Waals surface area (Å²) in [5.41, 5.74) is -0.616. The number of hydrogen-bond donors (Lipinski definition) is 2. The van der Waals surface area contributed by atoms with Gasteiger partial charge >= 0.3 is 5.97 Å². The second-order valence-electron chi connectivity index (χ2n) is 4.07. The summed E-state index contributed by atoms with van der Waals surface area (Å²) in [6.45, 7) is 0. The molecule has 0 saturated heterocycles. The van der Waals surface area contributed by atoms with Gasteiger partial charge in [0, 0.05) is 5.56 Å². The van der Waals surface area contributed by atoms with Gasteiger partial charge in [-0.3, -0.25) is 4.79 Å². The Morgan fingerprint density at radius 3 is 2.29 bits per heavy atom. The fourth-order valence-corrected chi connectivity index (χ4v) is 1.55. The van der Waals surface area contributed by atoms with Crippen molar-refractivity contribution in [1.82, 2.24) is 5.32 Å². The van der Waals surface area contributed by atoms with Gasteiger partial charge in [-0.15, -0.1) is 0 Å². The molecule has 0 atom stereocenters. The van der Waals surface area contributed by atoms with Gasteiger partial charge in [0.25, 0.3) is 5.91 Å². The highest BCUT2D eigenvalue weighted by Crippen LogP contribution is 2.35. The number of hydrogen-bond acceptors (Lipinski definition) is 3. The number of aliphatic carboxylic acids is 1. The smallest absolute Gasteiger partial charge is 0.329 e. The van der Waals surface area contributed by atoms with E-state index in [0.717, 1.165) is 0 Å². The summed E-state index contributed by atoms with van der Waals surface area (Å²) in [5, 5.41) is 11.5. The van der Waals surface area contributed by atoms with Gasteiger partial charge in [0.1, 0.15) is 11.3 Å². The van der Waals surface area contributed by atoms with Gasteiger partial charge in [0.05, 0.1) is 7.11 Å². The minimum Gasteiger partial charge on any atom is -0.497 e. The first-order valence-corrected chi connectivity index (χ1v) is 5.27. The van der Waals surface area contributed by atoms with E-state index in [-0.39, 0.29) is 5.91 Å². The van der Waals surface area contributed by atoms with Gasteiger partial charge in [-0.2, -0.15) is 0 Å². The lowest BCUT2D eigenvalue weighted by Crippen LogP contribution is -2.43. The lowest BCUT2D eigenvalue weighted by Gasteiger charge is -2.12. The molecule has 90 valence electrons. The van der Waals surface area contributed by atoms with Crippen molar-refractivity contribution in [2.75, 3.05) is 7.11 Å². The van der Waals surface area contributed by atoms with E-state index in [0.29, 0.717) is 24.2 Å². The van der Waals surface area contributed by atoms with Gasteiger partial charge in [0.2, 0.25) is 0 Å². The Morgan fingerprint density at radius 1 is 1.29 bits per heavy atom. The number of benzene rings is 1. The Morgan fingerprint density at radius 2 is 1.88 bits per heavy atom. The molecule has 1 fully saturated rings. The topological polar surface area (TPSA) is 75.6 Å². The molecule has 5 heteroatoms. The Labute approximate surface area is 98.4 Å². The summed E-state index contributed by atoms with van der Waals surface area (Å²) in [7, 11) is 1.54. The highest BCUT2D eigenvalue weighted by Gasteiger charge is 2.51. The molecule has 0 radical (unpaired) electrons. The van der Waals surface area contributed by atoms with E-state index < -0.39 is 11.5 Å². The lowest BCUT2D eigenvalue weighted by molar-refractivity contribution is -0.140. The second kappa shape index (κ2) is 4.08. The van der Waals surface area contributed by atoms with Crippen LogP contribution in [0.25, 0.3) is 0 Å². The number of ether oxygens (including phenoxy) is 1. The Kier molecular flexibility index (Phi) is 2.75. The third kappa shape index (κ3) is 2.22. The van der Waals surface area contributed by atoms with Crippen LogP contribution in [0, 0.1) is 0 Å². The third-order valence-electron chi connectivity index (χ3n) is 2.86. The number of nitrogens with one attached hydrogen (secondary N) is 1. The van der Waals surface area contributed by atoms with Gasteiger partial charge in [0.15, 0.2) is 0 Å². The largest absolute Gasteiger partial charge is 0.497 e. The van der Waals surface area contributed by atoms with Crippen LogP contribution >= 0.6 is 0 Å². The molecule has 1 saturated carbocycles. The van der Waals surface area contributed by atoms with Gasteiger partial charge in [-0.25, -0.2) is 4.79 Å². The lowest BCUT2D eigenvalue weighted by atomic mass is 10.2. The zero-order valence-electron chi connectivity index (χ0n) is 9.40. The van der Waals surface area contributed by atoms with Crippen molar-refractivity contribution in [3.63, 3.8) is 0 Å². The van der Waals surface area contributed by atoms with Crippen LogP contribution in [0.5, 0.6) is 5.75 Å². The molecular formula is C12H13NO4. The van der Waals surface area contributed by atoms with E-state index in [1.165, 1.54) is 0 Å². The zero-order valence-corrected chi connectivity index (χ0v) is 9.40. The average molecular weight is 235 g/mol. The molecule has 5 nitrogen and oxygen atoms in total. The normalized spacial score (nSPS) is 16.1. The maximum atomic E-state index is 11.8. The van der Waals surface area contributed by atoms with E-state index in [4.69, 9.17) is 9.84 Å². The molecule has 0 heterocycles. The first-order chi connectivity index (χ1) is 8.07. The average Bonchev–Trinajstić information content (AvgIpc) is 3.10. The molecule has 2 rings (SSSR count). The molecule has 1 aliphatic carbocycles. The molecule has 1 amide bonds. The maximum absolute atomic E-state index is 11.8. The summed E-state index contributed by atoms with van der Waals surface area (Å²) in [6, 6.07) is 6.53. The van der Waals surface area contributed by atoms with Crippen LogP contribution in [0.4, 0.5) is 0 Å². The van der Waals surface area contributed by atoms with Crippen LogP contribution in [-0.2, 0) is 4.79 Å². The molecule has 1 aromatic carbocycles. The Hall–Kier alpha value is -2.04. The highest BCUT2D eigenvalue weighted by atomic mass is 16.5. The Bertz CT molecular complexity index is 448. The first-order valence-electron chi connectivity index (χ1n) is 5.27. The van der Waals surface area contributed by atoms with Crippen LogP contribution < -0.4 is 10.1 Å². The zero-order chi connectivity index (χ0) is 12.5. The second-order valence-corrected chi connectivity index (χ2v) is 4.07. The van der Waals surface area contributed by atoms with E-state index in [1.807, 2.05) is 0 Å². The monoisotopic (exact) mass is 235 g/mol. The summed E-state index contributed by atoms with van der Waals surface area (Å²) < 4.78 is 4.97. The van der Waals surface area contributed by atoms with Crippen molar-refractivity contribution in [3.05, 3.63) is 29.8 Å². The molecule has 17 heavy (non-hydrogen) atoms. The van der Waals surface area contributed by atoms with Crippen molar-refractivity contribution in [2.45, 2.75) is 18.4 Å². The van der Waals surface area contributed by atoms with Crippen LogP contribution in [0.1, 0.15) is 23.2 Å². The fourth-order valence-electron chi connectivity index (χ4n) is 1.55. The minimum absolute atomic E-state index is 0.368. The van der Waals surface area contributed by atoms with Crippen molar-refractivity contribution >= 4 is 11.9 Å². The van der Waals surface area contributed by atoms with Crippen molar-refractivity contribution in [1.29, 1.82) is 0 Å². The fraction of sp³-hybridized carbons (Fsp3) is 0.333.